The van der Waals surface area contributed by atoms with Gasteiger partial charge in [-0.3, -0.25) is 0 Å². The largest absolute Gasteiger partial charge is 0.493 e. The predicted molar refractivity (Wildman–Crippen MR) is 132 cm³/mol. The molecule has 0 bridgehead atoms. The number of halogens is 1. The summed E-state index contributed by atoms with van der Waals surface area (Å²) >= 11 is 3.51. The first-order chi connectivity index (χ1) is 16.1. The van der Waals surface area contributed by atoms with Crippen molar-refractivity contribution in [3.05, 3.63) is 46.6 Å². The SMILES string of the molecule is CCC1CCc2cccc(Oc3ncc(Br)c(Nc4cc(OC)c(OC)c(OC)c4)n3)c2N1. The number of para-hydroxylation sites is 1. The van der Waals surface area contributed by atoms with E-state index in [1.807, 2.05) is 12.1 Å². The number of ether oxygens (including phenoxy) is 4. The van der Waals surface area contributed by atoms with Crippen molar-refractivity contribution < 1.29 is 18.9 Å². The molecule has 1 aliphatic rings. The van der Waals surface area contributed by atoms with Gasteiger partial charge in [0.1, 0.15) is 0 Å². The summed E-state index contributed by atoms with van der Waals surface area (Å²) in [4.78, 5) is 8.91. The lowest BCUT2D eigenvalue weighted by atomic mass is 9.96. The van der Waals surface area contributed by atoms with E-state index in [4.69, 9.17) is 18.9 Å². The quantitative estimate of drug-likeness (QED) is 0.382. The van der Waals surface area contributed by atoms with Crippen LogP contribution in [0.2, 0.25) is 0 Å². The van der Waals surface area contributed by atoms with E-state index in [9.17, 15) is 0 Å². The number of aryl methyl sites for hydroxylation is 1. The number of rotatable bonds is 8. The first-order valence-corrected chi connectivity index (χ1v) is 11.5. The lowest BCUT2D eigenvalue weighted by molar-refractivity contribution is 0.324. The van der Waals surface area contributed by atoms with Crippen molar-refractivity contribution in [2.75, 3.05) is 32.0 Å². The molecule has 0 radical (unpaired) electrons. The Hall–Kier alpha value is -3.20. The van der Waals surface area contributed by atoms with Crippen LogP contribution >= 0.6 is 15.9 Å². The number of hydrogen-bond acceptors (Lipinski definition) is 8. The molecule has 4 rings (SSSR count). The van der Waals surface area contributed by atoms with Crippen molar-refractivity contribution in [1.29, 1.82) is 0 Å². The molecule has 1 aliphatic heterocycles. The van der Waals surface area contributed by atoms with Crippen LogP contribution in [0, 0.1) is 0 Å². The van der Waals surface area contributed by atoms with Gasteiger partial charge in [-0.05, 0) is 46.8 Å². The van der Waals surface area contributed by atoms with E-state index in [1.165, 1.54) is 5.56 Å². The molecular formula is C24H27BrN4O4. The average molecular weight is 515 g/mol. The van der Waals surface area contributed by atoms with Gasteiger partial charge in [-0.25, -0.2) is 4.98 Å². The molecule has 1 unspecified atom stereocenters. The molecule has 0 saturated heterocycles. The zero-order valence-corrected chi connectivity index (χ0v) is 20.7. The molecule has 33 heavy (non-hydrogen) atoms. The highest BCUT2D eigenvalue weighted by molar-refractivity contribution is 9.10. The third kappa shape index (κ3) is 4.93. The molecule has 0 fully saturated rings. The zero-order chi connectivity index (χ0) is 23.4. The maximum absolute atomic E-state index is 6.11. The van der Waals surface area contributed by atoms with Gasteiger partial charge in [0.2, 0.25) is 5.75 Å². The van der Waals surface area contributed by atoms with Crippen LogP contribution in [-0.4, -0.2) is 37.3 Å². The lowest BCUT2D eigenvalue weighted by Crippen LogP contribution is -2.24. The van der Waals surface area contributed by atoms with Crippen LogP contribution in [0.1, 0.15) is 25.3 Å². The zero-order valence-electron chi connectivity index (χ0n) is 19.1. The van der Waals surface area contributed by atoms with Gasteiger partial charge in [-0.2, -0.15) is 4.98 Å². The summed E-state index contributed by atoms with van der Waals surface area (Å²) in [7, 11) is 4.72. The number of fused-ring (bicyclic) bond motifs is 1. The van der Waals surface area contributed by atoms with Gasteiger partial charge in [0, 0.05) is 23.9 Å². The normalized spacial score (nSPS) is 14.6. The Bertz CT molecular complexity index is 1120. The Morgan fingerprint density at radius 1 is 1.09 bits per heavy atom. The molecule has 0 aliphatic carbocycles. The molecule has 3 aromatic rings. The fourth-order valence-corrected chi connectivity index (χ4v) is 4.11. The standard InChI is InChI=1S/C24H27BrN4O4/c1-5-15-10-9-14-7-6-8-18(21(14)27-15)33-24-26-13-17(25)23(29-24)28-16-11-19(30-2)22(32-4)20(12-16)31-3/h6-8,11-13,15,27H,5,9-10H2,1-4H3,(H,26,28,29). The molecule has 1 atom stereocenters. The van der Waals surface area contributed by atoms with E-state index in [2.05, 4.69) is 49.5 Å². The minimum absolute atomic E-state index is 0.238. The second kappa shape index (κ2) is 10.2. The third-order valence-corrected chi connectivity index (χ3v) is 6.15. The Morgan fingerprint density at radius 3 is 2.52 bits per heavy atom. The van der Waals surface area contributed by atoms with Gasteiger partial charge in [0.05, 0.1) is 37.7 Å². The molecule has 2 aromatic carbocycles. The van der Waals surface area contributed by atoms with Crippen molar-refractivity contribution in [3.63, 3.8) is 0 Å². The second-order valence-corrected chi connectivity index (χ2v) is 8.42. The van der Waals surface area contributed by atoms with Gasteiger partial charge in [0.25, 0.3) is 0 Å². The molecule has 2 N–H and O–H groups in total. The summed E-state index contributed by atoms with van der Waals surface area (Å²) < 4.78 is 23.1. The number of hydrogen-bond donors (Lipinski definition) is 2. The van der Waals surface area contributed by atoms with Gasteiger partial charge in [0.15, 0.2) is 23.1 Å². The molecule has 2 heterocycles. The lowest BCUT2D eigenvalue weighted by Gasteiger charge is -2.27. The van der Waals surface area contributed by atoms with E-state index in [1.54, 1.807) is 39.7 Å². The molecule has 0 saturated carbocycles. The fraction of sp³-hybridized carbons (Fsp3) is 0.333. The Morgan fingerprint density at radius 2 is 1.85 bits per heavy atom. The number of anilines is 3. The molecule has 9 heteroatoms. The maximum atomic E-state index is 6.11. The van der Waals surface area contributed by atoms with Crippen LogP contribution in [-0.2, 0) is 6.42 Å². The van der Waals surface area contributed by atoms with Gasteiger partial charge < -0.3 is 29.6 Å². The summed E-state index contributed by atoms with van der Waals surface area (Å²) in [6, 6.07) is 10.3. The minimum Gasteiger partial charge on any atom is -0.493 e. The summed E-state index contributed by atoms with van der Waals surface area (Å²) in [5.74, 6) is 2.84. The van der Waals surface area contributed by atoms with Crippen molar-refractivity contribution in [2.45, 2.75) is 32.2 Å². The van der Waals surface area contributed by atoms with E-state index in [-0.39, 0.29) is 6.01 Å². The van der Waals surface area contributed by atoms with Crippen LogP contribution in [0.25, 0.3) is 0 Å². The second-order valence-electron chi connectivity index (χ2n) is 7.57. The molecular weight excluding hydrogens is 488 g/mol. The average Bonchev–Trinajstić information content (AvgIpc) is 2.85. The molecule has 0 amide bonds. The van der Waals surface area contributed by atoms with Crippen LogP contribution in [0.4, 0.5) is 17.2 Å². The molecule has 0 spiro atoms. The molecule has 8 nitrogen and oxygen atoms in total. The van der Waals surface area contributed by atoms with Crippen molar-refractivity contribution in [2.24, 2.45) is 0 Å². The van der Waals surface area contributed by atoms with E-state index < -0.39 is 0 Å². The number of nitrogens with zero attached hydrogens (tertiary/aromatic N) is 2. The van der Waals surface area contributed by atoms with Gasteiger partial charge >= 0.3 is 6.01 Å². The van der Waals surface area contributed by atoms with Crippen LogP contribution in [0.5, 0.6) is 29.0 Å². The number of aromatic nitrogens is 2. The maximum Gasteiger partial charge on any atom is 0.324 e. The Labute approximate surface area is 201 Å². The van der Waals surface area contributed by atoms with E-state index >= 15 is 0 Å². The van der Waals surface area contributed by atoms with Gasteiger partial charge in [-0.1, -0.05) is 19.1 Å². The fourth-order valence-electron chi connectivity index (χ4n) is 3.82. The van der Waals surface area contributed by atoms with Crippen LogP contribution in [0.15, 0.2) is 41.0 Å². The number of benzene rings is 2. The number of methoxy groups -OCH3 is 3. The van der Waals surface area contributed by atoms with E-state index in [0.717, 1.165) is 24.9 Å². The predicted octanol–water partition coefficient (Wildman–Crippen LogP) is 5.94. The molecule has 174 valence electrons. The summed E-state index contributed by atoms with van der Waals surface area (Å²) in [6.45, 7) is 2.19. The summed E-state index contributed by atoms with van der Waals surface area (Å²) in [5, 5.41) is 6.86. The van der Waals surface area contributed by atoms with Crippen molar-refractivity contribution in [3.8, 4) is 29.0 Å². The third-order valence-electron chi connectivity index (χ3n) is 5.57. The monoisotopic (exact) mass is 514 g/mol. The highest BCUT2D eigenvalue weighted by atomic mass is 79.9. The van der Waals surface area contributed by atoms with Crippen molar-refractivity contribution in [1.82, 2.24) is 9.97 Å². The smallest absolute Gasteiger partial charge is 0.324 e. The highest BCUT2D eigenvalue weighted by Gasteiger charge is 2.21. The summed E-state index contributed by atoms with van der Waals surface area (Å²) in [5.41, 5.74) is 2.96. The molecule has 1 aromatic heterocycles. The highest BCUT2D eigenvalue weighted by Crippen LogP contribution is 2.41. The summed E-state index contributed by atoms with van der Waals surface area (Å²) in [6.07, 6.45) is 4.85. The topological polar surface area (TPSA) is 86.8 Å². The van der Waals surface area contributed by atoms with Crippen LogP contribution in [0.3, 0.4) is 0 Å². The van der Waals surface area contributed by atoms with Crippen molar-refractivity contribution >= 4 is 33.1 Å². The van der Waals surface area contributed by atoms with Crippen LogP contribution < -0.4 is 29.6 Å². The van der Waals surface area contributed by atoms with E-state index in [0.29, 0.717) is 45.0 Å². The minimum atomic E-state index is 0.238. The van der Waals surface area contributed by atoms with Gasteiger partial charge in [-0.15, -0.1) is 0 Å². The first kappa shape index (κ1) is 23.0. The Balaban J connectivity index is 1.62. The number of nitrogens with one attached hydrogen (secondary N) is 2. The first-order valence-electron chi connectivity index (χ1n) is 10.7. The Kier molecular flexibility index (Phi) is 7.08.